The first-order valence-electron chi connectivity index (χ1n) is 7.92. The molecule has 23 heavy (non-hydrogen) atoms. The van der Waals surface area contributed by atoms with Gasteiger partial charge in [0.2, 0.25) is 5.95 Å². The molecule has 1 fully saturated rings. The lowest BCUT2D eigenvalue weighted by atomic mass is 9.66. The number of fused-ring (bicyclic) bond motifs is 1. The van der Waals surface area contributed by atoms with Gasteiger partial charge in [-0.15, -0.1) is 0 Å². The lowest BCUT2D eigenvalue weighted by Gasteiger charge is -2.44. The fraction of sp³-hybridized carbons (Fsp3) is 0.667. The van der Waals surface area contributed by atoms with Crippen LogP contribution < -0.4 is 11.3 Å². The van der Waals surface area contributed by atoms with Gasteiger partial charge in [0.05, 0.1) is 6.33 Å². The van der Waals surface area contributed by atoms with Crippen molar-refractivity contribution in [2.75, 3.05) is 18.9 Å². The van der Waals surface area contributed by atoms with Crippen molar-refractivity contribution in [3.8, 4) is 0 Å². The highest BCUT2D eigenvalue weighted by molar-refractivity contribution is 5.70. The van der Waals surface area contributed by atoms with E-state index in [0.717, 1.165) is 6.42 Å². The number of anilines is 1. The molecule has 2 aromatic rings. The largest absolute Gasteiger partial charge is 0.396 e. The molecule has 8 nitrogen and oxygen atoms in total. The summed E-state index contributed by atoms with van der Waals surface area (Å²) in [4.78, 5) is 22.8. The standard InChI is InChI=1S/C15H23N5O3/c1-7-9(4-21)3-11(8(2)10(7)5-22)20-6-17-12-13(20)18-15(16)19-14(12)23/h6-11,21-22H,3-5H2,1-2H3,(H3,16,18,19,23). The van der Waals surface area contributed by atoms with Crippen molar-refractivity contribution in [3.63, 3.8) is 0 Å². The molecule has 2 aromatic heterocycles. The molecular formula is C15H23N5O3. The Bertz CT molecular complexity index is 755. The topological polar surface area (TPSA) is 130 Å². The number of hydrogen-bond acceptors (Lipinski definition) is 6. The van der Waals surface area contributed by atoms with E-state index >= 15 is 0 Å². The highest BCUT2D eigenvalue weighted by atomic mass is 16.3. The first-order chi connectivity index (χ1) is 11.0. The number of imidazole rings is 1. The fourth-order valence-corrected chi connectivity index (χ4v) is 3.98. The Morgan fingerprint density at radius 3 is 2.74 bits per heavy atom. The van der Waals surface area contributed by atoms with E-state index in [1.807, 2.05) is 4.57 Å². The molecule has 0 aliphatic heterocycles. The van der Waals surface area contributed by atoms with Gasteiger partial charge in [0.1, 0.15) is 0 Å². The summed E-state index contributed by atoms with van der Waals surface area (Å²) in [7, 11) is 0. The number of nitrogen functional groups attached to an aromatic ring is 1. The Labute approximate surface area is 133 Å². The smallest absolute Gasteiger partial charge is 0.280 e. The summed E-state index contributed by atoms with van der Waals surface area (Å²) < 4.78 is 1.86. The van der Waals surface area contributed by atoms with Gasteiger partial charge in [0, 0.05) is 19.3 Å². The minimum Gasteiger partial charge on any atom is -0.396 e. The van der Waals surface area contributed by atoms with E-state index < -0.39 is 0 Å². The van der Waals surface area contributed by atoms with Crippen LogP contribution in [0.15, 0.2) is 11.1 Å². The quantitative estimate of drug-likeness (QED) is 0.636. The van der Waals surface area contributed by atoms with Gasteiger partial charge in [-0.25, -0.2) is 4.98 Å². The SMILES string of the molecule is CC1C(CO)CC(n2cnc3c(=O)[nH]c(N)nc32)C(C)C1CO. The summed E-state index contributed by atoms with van der Waals surface area (Å²) in [6.07, 6.45) is 2.35. The van der Waals surface area contributed by atoms with E-state index in [-0.39, 0.29) is 60.0 Å². The zero-order valence-electron chi connectivity index (χ0n) is 13.3. The average Bonchev–Trinajstić information content (AvgIpc) is 2.92. The van der Waals surface area contributed by atoms with E-state index in [4.69, 9.17) is 5.73 Å². The first-order valence-corrected chi connectivity index (χ1v) is 7.92. The summed E-state index contributed by atoms with van der Waals surface area (Å²) in [5.74, 6) is 0.608. The predicted octanol–water partition coefficient (Wildman–Crippen LogP) is 0.136. The number of H-pyrrole nitrogens is 1. The lowest BCUT2D eigenvalue weighted by molar-refractivity contribution is 0.00148. The molecule has 0 amide bonds. The van der Waals surface area contributed by atoms with Gasteiger partial charge in [0.15, 0.2) is 11.2 Å². The number of aliphatic hydroxyl groups is 2. The Kier molecular flexibility index (Phi) is 4.11. The number of rotatable bonds is 3. The van der Waals surface area contributed by atoms with E-state index in [1.165, 1.54) is 0 Å². The zero-order chi connectivity index (χ0) is 16.7. The third-order valence-electron chi connectivity index (χ3n) is 5.50. The summed E-state index contributed by atoms with van der Waals surface area (Å²) >= 11 is 0. The van der Waals surface area contributed by atoms with Gasteiger partial charge in [-0.05, 0) is 30.1 Å². The highest BCUT2D eigenvalue weighted by Crippen LogP contribution is 2.44. The lowest BCUT2D eigenvalue weighted by Crippen LogP contribution is -2.41. The normalized spacial score (nSPS) is 31.6. The van der Waals surface area contributed by atoms with Gasteiger partial charge in [-0.2, -0.15) is 4.98 Å². The molecule has 5 N–H and O–H groups in total. The number of nitrogens with one attached hydrogen (secondary N) is 1. The van der Waals surface area contributed by atoms with Crippen LogP contribution in [-0.2, 0) is 0 Å². The van der Waals surface area contributed by atoms with Crippen LogP contribution in [0.5, 0.6) is 0 Å². The average molecular weight is 321 g/mol. The Balaban J connectivity index is 2.08. The molecule has 126 valence electrons. The van der Waals surface area contributed by atoms with Gasteiger partial charge >= 0.3 is 0 Å². The monoisotopic (exact) mass is 321 g/mol. The van der Waals surface area contributed by atoms with Crippen molar-refractivity contribution in [1.29, 1.82) is 0 Å². The van der Waals surface area contributed by atoms with Crippen molar-refractivity contribution in [3.05, 3.63) is 16.7 Å². The molecule has 0 saturated heterocycles. The maximum Gasteiger partial charge on any atom is 0.280 e. The van der Waals surface area contributed by atoms with E-state index in [2.05, 4.69) is 28.8 Å². The maximum absolute atomic E-state index is 11.9. The molecule has 2 heterocycles. The van der Waals surface area contributed by atoms with E-state index in [0.29, 0.717) is 5.65 Å². The predicted molar refractivity (Wildman–Crippen MR) is 85.7 cm³/mol. The minimum absolute atomic E-state index is 0.000741. The number of aromatic nitrogens is 4. The molecule has 0 spiro atoms. The molecule has 0 aromatic carbocycles. The second-order valence-electron chi connectivity index (χ2n) is 6.59. The number of hydrogen-bond donors (Lipinski definition) is 4. The summed E-state index contributed by atoms with van der Waals surface area (Å²) in [6.45, 7) is 4.29. The van der Waals surface area contributed by atoms with Crippen molar-refractivity contribution in [2.24, 2.45) is 23.7 Å². The van der Waals surface area contributed by atoms with Crippen molar-refractivity contribution >= 4 is 17.1 Å². The molecular weight excluding hydrogens is 298 g/mol. The van der Waals surface area contributed by atoms with Crippen LogP contribution in [0.25, 0.3) is 11.2 Å². The molecule has 1 aliphatic carbocycles. The molecule has 0 radical (unpaired) electrons. The molecule has 5 unspecified atom stereocenters. The number of aliphatic hydroxyl groups excluding tert-OH is 2. The van der Waals surface area contributed by atoms with Crippen molar-refractivity contribution in [2.45, 2.75) is 26.3 Å². The van der Waals surface area contributed by atoms with E-state index in [1.54, 1.807) is 6.33 Å². The minimum atomic E-state index is -0.361. The molecule has 1 aliphatic rings. The maximum atomic E-state index is 11.9. The third-order valence-corrected chi connectivity index (χ3v) is 5.50. The number of nitrogens with zero attached hydrogens (tertiary/aromatic N) is 3. The second kappa shape index (κ2) is 5.93. The van der Waals surface area contributed by atoms with Crippen molar-refractivity contribution < 1.29 is 10.2 Å². The van der Waals surface area contributed by atoms with Crippen LogP contribution in [0, 0.1) is 23.7 Å². The second-order valence-corrected chi connectivity index (χ2v) is 6.59. The zero-order valence-corrected chi connectivity index (χ0v) is 13.3. The molecule has 0 bridgehead atoms. The number of nitrogens with two attached hydrogens (primary N) is 1. The fourth-order valence-electron chi connectivity index (χ4n) is 3.98. The molecule has 8 heteroatoms. The van der Waals surface area contributed by atoms with E-state index in [9.17, 15) is 15.0 Å². The van der Waals surface area contributed by atoms with Gasteiger partial charge < -0.3 is 20.5 Å². The van der Waals surface area contributed by atoms with Crippen LogP contribution in [0.3, 0.4) is 0 Å². The Hall–Kier alpha value is -1.93. The Morgan fingerprint density at radius 2 is 2.09 bits per heavy atom. The van der Waals surface area contributed by atoms with Crippen LogP contribution in [0.2, 0.25) is 0 Å². The third kappa shape index (κ3) is 2.51. The highest BCUT2D eigenvalue weighted by Gasteiger charge is 2.41. The van der Waals surface area contributed by atoms with Crippen LogP contribution in [0.1, 0.15) is 26.3 Å². The molecule has 1 saturated carbocycles. The summed E-state index contributed by atoms with van der Waals surface area (Å²) in [5.41, 5.74) is 6.00. The molecule has 5 atom stereocenters. The Morgan fingerprint density at radius 1 is 1.35 bits per heavy atom. The van der Waals surface area contributed by atoms with Crippen molar-refractivity contribution in [1.82, 2.24) is 19.5 Å². The first kappa shape index (κ1) is 15.9. The summed E-state index contributed by atoms with van der Waals surface area (Å²) in [5, 5.41) is 19.4. The molecule has 3 rings (SSSR count). The van der Waals surface area contributed by atoms with Crippen LogP contribution in [-0.4, -0.2) is 42.9 Å². The van der Waals surface area contributed by atoms with Gasteiger partial charge in [-0.1, -0.05) is 13.8 Å². The van der Waals surface area contributed by atoms with Crippen LogP contribution >= 0.6 is 0 Å². The van der Waals surface area contributed by atoms with Gasteiger partial charge in [-0.3, -0.25) is 9.78 Å². The number of aromatic amines is 1. The van der Waals surface area contributed by atoms with Crippen LogP contribution in [0.4, 0.5) is 5.95 Å². The van der Waals surface area contributed by atoms with Gasteiger partial charge in [0.25, 0.3) is 5.56 Å². The summed E-state index contributed by atoms with van der Waals surface area (Å²) in [6, 6.07) is -0.000741.